The van der Waals surface area contributed by atoms with Gasteiger partial charge in [-0.1, -0.05) is 42.3 Å². The number of hydrogen-bond donors (Lipinski definition) is 1. The van der Waals surface area contributed by atoms with Gasteiger partial charge in [0.2, 0.25) is 0 Å². The van der Waals surface area contributed by atoms with Crippen LogP contribution in [0.15, 0.2) is 23.6 Å². The van der Waals surface area contributed by atoms with Gasteiger partial charge in [0, 0.05) is 10.9 Å². The Labute approximate surface area is 132 Å². The van der Waals surface area contributed by atoms with Gasteiger partial charge in [-0.25, -0.2) is 4.39 Å². The van der Waals surface area contributed by atoms with Crippen LogP contribution in [0.2, 0.25) is 10.0 Å². The molecule has 108 valence electrons. The molecular weight excluding hydrogens is 316 g/mol. The first-order chi connectivity index (χ1) is 9.54. The zero-order valence-corrected chi connectivity index (χ0v) is 13.7. The quantitative estimate of drug-likeness (QED) is 0.773. The number of rotatable bonds is 5. The van der Waals surface area contributed by atoms with Gasteiger partial charge in [-0.3, -0.25) is 0 Å². The van der Waals surface area contributed by atoms with Crippen LogP contribution in [0.3, 0.4) is 0 Å². The highest BCUT2D eigenvalue weighted by molar-refractivity contribution is 7.10. The van der Waals surface area contributed by atoms with Crippen LogP contribution in [-0.2, 0) is 6.42 Å². The summed E-state index contributed by atoms with van der Waals surface area (Å²) in [4.78, 5) is 1.05. The predicted octanol–water partition coefficient (Wildman–Crippen LogP) is 5.40. The summed E-state index contributed by atoms with van der Waals surface area (Å²) < 4.78 is 14.0. The largest absolute Gasteiger partial charge is 0.309 e. The van der Waals surface area contributed by atoms with Crippen molar-refractivity contribution in [2.45, 2.75) is 26.3 Å². The molecule has 0 saturated carbocycles. The van der Waals surface area contributed by atoms with Crippen molar-refractivity contribution in [1.82, 2.24) is 5.32 Å². The topological polar surface area (TPSA) is 12.0 Å². The minimum Gasteiger partial charge on any atom is -0.309 e. The molecule has 0 amide bonds. The van der Waals surface area contributed by atoms with Crippen LogP contribution < -0.4 is 5.32 Å². The minimum absolute atomic E-state index is 0.000772. The summed E-state index contributed by atoms with van der Waals surface area (Å²) in [6.45, 7) is 4.79. The smallest absolute Gasteiger partial charge is 0.145 e. The SMILES string of the molecule is CCNC(Cc1cccc(Cl)c1F)c1scc(C)c1Cl. The second kappa shape index (κ2) is 6.90. The normalized spacial score (nSPS) is 12.7. The Morgan fingerprint density at radius 1 is 1.35 bits per heavy atom. The van der Waals surface area contributed by atoms with E-state index in [2.05, 4.69) is 5.32 Å². The molecule has 1 aromatic carbocycles. The second-order valence-electron chi connectivity index (χ2n) is 4.62. The summed E-state index contributed by atoms with van der Waals surface area (Å²) in [6, 6.07) is 5.09. The minimum atomic E-state index is -0.346. The fourth-order valence-electron chi connectivity index (χ4n) is 2.11. The van der Waals surface area contributed by atoms with E-state index < -0.39 is 0 Å². The van der Waals surface area contributed by atoms with Gasteiger partial charge >= 0.3 is 0 Å². The molecular formula is C15H16Cl2FNS. The Hall–Kier alpha value is -0.610. The van der Waals surface area contributed by atoms with Crippen LogP contribution in [-0.4, -0.2) is 6.54 Å². The maximum atomic E-state index is 14.0. The Bertz CT molecular complexity index is 598. The van der Waals surface area contributed by atoms with Crippen molar-refractivity contribution >= 4 is 34.5 Å². The average Bonchev–Trinajstić information content (AvgIpc) is 2.75. The Balaban J connectivity index is 2.30. The van der Waals surface area contributed by atoms with Crippen LogP contribution in [0.1, 0.15) is 29.0 Å². The fraction of sp³-hybridized carbons (Fsp3) is 0.333. The number of aryl methyl sites for hydroxylation is 1. The number of hydrogen-bond acceptors (Lipinski definition) is 2. The Morgan fingerprint density at radius 3 is 2.70 bits per heavy atom. The maximum absolute atomic E-state index is 14.0. The standard InChI is InChI=1S/C15H16Cl2FNS/c1-3-19-12(15-13(17)9(2)8-20-15)7-10-5-4-6-11(16)14(10)18/h4-6,8,12,19H,3,7H2,1-2H3. The maximum Gasteiger partial charge on any atom is 0.145 e. The van der Waals surface area contributed by atoms with Gasteiger partial charge in [-0.2, -0.15) is 0 Å². The number of benzene rings is 1. The van der Waals surface area contributed by atoms with E-state index in [0.717, 1.165) is 22.0 Å². The highest BCUT2D eigenvalue weighted by Crippen LogP contribution is 2.34. The Kier molecular flexibility index (Phi) is 5.44. The molecule has 1 aromatic heterocycles. The van der Waals surface area contributed by atoms with E-state index in [9.17, 15) is 4.39 Å². The van der Waals surface area contributed by atoms with Gasteiger partial charge < -0.3 is 5.32 Å². The van der Waals surface area contributed by atoms with Crippen LogP contribution in [0, 0.1) is 12.7 Å². The summed E-state index contributed by atoms with van der Waals surface area (Å²) in [7, 11) is 0. The molecule has 5 heteroatoms. The lowest BCUT2D eigenvalue weighted by Crippen LogP contribution is -2.22. The van der Waals surface area contributed by atoms with Crippen molar-refractivity contribution < 1.29 is 4.39 Å². The number of likely N-dealkylation sites (N-methyl/N-ethyl adjacent to an activating group) is 1. The van der Waals surface area contributed by atoms with Crippen molar-refractivity contribution in [2.24, 2.45) is 0 Å². The first-order valence-corrected chi connectivity index (χ1v) is 8.07. The van der Waals surface area contributed by atoms with Crippen molar-refractivity contribution in [2.75, 3.05) is 6.54 Å². The van der Waals surface area contributed by atoms with E-state index in [0.29, 0.717) is 12.0 Å². The molecule has 2 rings (SSSR count). The molecule has 1 nitrogen and oxygen atoms in total. The predicted molar refractivity (Wildman–Crippen MR) is 85.6 cm³/mol. The lowest BCUT2D eigenvalue weighted by Gasteiger charge is -2.18. The van der Waals surface area contributed by atoms with E-state index >= 15 is 0 Å². The van der Waals surface area contributed by atoms with Crippen molar-refractivity contribution in [1.29, 1.82) is 0 Å². The number of halogens is 3. The van der Waals surface area contributed by atoms with Gasteiger partial charge in [0.25, 0.3) is 0 Å². The lowest BCUT2D eigenvalue weighted by molar-refractivity contribution is 0.534. The summed E-state index contributed by atoms with van der Waals surface area (Å²) in [5.41, 5.74) is 1.66. The molecule has 1 N–H and O–H groups in total. The van der Waals surface area contributed by atoms with E-state index in [-0.39, 0.29) is 16.9 Å². The molecule has 1 heterocycles. The molecule has 0 aliphatic heterocycles. The average molecular weight is 332 g/mol. The van der Waals surface area contributed by atoms with Gasteiger partial charge in [0.15, 0.2) is 0 Å². The van der Waals surface area contributed by atoms with Crippen LogP contribution in [0.25, 0.3) is 0 Å². The van der Waals surface area contributed by atoms with Gasteiger partial charge in [0.05, 0.1) is 10.0 Å². The summed E-state index contributed by atoms with van der Waals surface area (Å²) in [5, 5.41) is 6.31. The molecule has 1 atom stereocenters. The first kappa shape index (κ1) is 15.8. The molecule has 0 aliphatic rings. The van der Waals surface area contributed by atoms with Crippen molar-refractivity contribution in [3.63, 3.8) is 0 Å². The fourth-order valence-corrected chi connectivity index (χ4v) is 3.71. The molecule has 20 heavy (non-hydrogen) atoms. The van der Waals surface area contributed by atoms with Crippen LogP contribution >= 0.6 is 34.5 Å². The third-order valence-electron chi connectivity index (χ3n) is 3.15. The number of thiophene rings is 1. The molecule has 0 saturated heterocycles. The zero-order valence-electron chi connectivity index (χ0n) is 11.3. The van der Waals surface area contributed by atoms with Gasteiger partial charge in [-0.15, -0.1) is 11.3 Å². The van der Waals surface area contributed by atoms with Crippen LogP contribution in [0.5, 0.6) is 0 Å². The summed E-state index contributed by atoms with van der Waals surface area (Å²) >= 11 is 13.8. The molecule has 0 aliphatic carbocycles. The Morgan fingerprint density at radius 2 is 2.10 bits per heavy atom. The van der Waals surface area contributed by atoms with Crippen LogP contribution in [0.4, 0.5) is 4.39 Å². The zero-order chi connectivity index (χ0) is 14.7. The highest BCUT2D eigenvalue weighted by atomic mass is 35.5. The molecule has 0 radical (unpaired) electrons. The lowest BCUT2D eigenvalue weighted by atomic mass is 10.0. The molecule has 0 fully saturated rings. The second-order valence-corrected chi connectivity index (χ2v) is 6.32. The van der Waals surface area contributed by atoms with Gasteiger partial charge in [0.1, 0.15) is 5.82 Å². The third-order valence-corrected chi connectivity index (χ3v) is 5.27. The van der Waals surface area contributed by atoms with Crippen molar-refractivity contribution in [3.05, 3.63) is 55.4 Å². The van der Waals surface area contributed by atoms with Gasteiger partial charge in [-0.05, 0) is 42.5 Å². The van der Waals surface area contributed by atoms with E-state index in [1.165, 1.54) is 0 Å². The third kappa shape index (κ3) is 3.34. The first-order valence-electron chi connectivity index (χ1n) is 6.44. The summed E-state index contributed by atoms with van der Waals surface area (Å²) in [6.07, 6.45) is 0.528. The molecule has 2 aromatic rings. The molecule has 0 bridgehead atoms. The highest BCUT2D eigenvalue weighted by Gasteiger charge is 2.19. The molecule has 1 unspecified atom stereocenters. The monoisotopic (exact) mass is 331 g/mol. The van der Waals surface area contributed by atoms with Crippen molar-refractivity contribution in [3.8, 4) is 0 Å². The van der Waals surface area contributed by atoms with E-state index in [4.69, 9.17) is 23.2 Å². The van der Waals surface area contributed by atoms with E-state index in [1.54, 1.807) is 29.5 Å². The summed E-state index contributed by atoms with van der Waals surface area (Å²) in [5.74, 6) is -0.346. The van der Waals surface area contributed by atoms with E-state index in [1.807, 2.05) is 19.2 Å². The number of nitrogens with one attached hydrogen (secondary N) is 1. The molecule has 0 spiro atoms.